The van der Waals surface area contributed by atoms with Crippen molar-refractivity contribution in [1.29, 1.82) is 0 Å². The molecule has 0 fully saturated rings. The molecular weight excluding hydrogens is 238 g/mol. The molecule has 6 heteroatoms. The minimum atomic E-state index is -1.34. The van der Waals surface area contributed by atoms with Crippen molar-refractivity contribution < 1.29 is 24.6 Å². The second-order valence-electron chi connectivity index (χ2n) is 3.48. The monoisotopic (exact) mass is 251 g/mol. The lowest BCUT2D eigenvalue weighted by atomic mass is 10.1. The molecule has 0 unspecified atom stereocenters. The number of rotatable bonds is 3. The highest BCUT2D eigenvalue weighted by Crippen LogP contribution is 2.08. The number of pyridine rings is 1. The number of nitrogens with zero attached hydrogens (tertiary/aromatic N) is 1. The molecule has 18 heavy (non-hydrogen) atoms. The van der Waals surface area contributed by atoms with Crippen LogP contribution in [0.3, 0.4) is 0 Å². The van der Waals surface area contributed by atoms with Crippen LogP contribution in [0.5, 0.6) is 0 Å². The number of aromatic nitrogens is 1. The molecule has 0 aliphatic heterocycles. The third-order valence-electron chi connectivity index (χ3n) is 1.66. The van der Waals surface area contributed by atoms with Crippen LogP contribution in [0.15, 0.2) is 24.4 Å². The first kappa shape index (κ1) is 15.5. The second kappa shape index (κ2) is 6.95. The maximum absolute atomic E-state index is 10.6. The SMILES string of the molecule is C=C(C)C=O.Cc1cnc(C(=O)O)c(C(=O)O)c1. The number of carbonyl (C=O) groups excluding carboxylic acids is 1. The van der Waals surface area contributed by atoms with Crippen molar-refractivity contribution in [2.24, 2.45) is 0 Å². The van der Waals surface area contributed by atoms with Gasteiger partial charge in [0.1, 0.15) is 6.29 Å². The van der Waals surface area contributed by atoms with E-state index in [-0.39, 0.29) is 5.56 Å². The highest BCUT2D eigenvalue weighted by molar-refractivity contribution is 6.00. The van der Waals surface area contributed by atoms with Gasteiger partial charge in [-0.05, 0) is 31.1 Å². The first-order valence-corrected chi connectivity index (χ1v) is 4.83. The summed E-state index contributed by atoms with van der Waals surface area (Å²) in [5.41, 5.74) is 0.470. The van der Waals surface area contributed by atoms with Crippen LogP contribution in [0.25, 0.3) is 0 Å². The Morgan fingerprint density at radius 1 is 1.33 bits per heavy atom. The van der Waals surface area contributed by atoms with Crippen molar-refractivity contribution in [2.75, 3.05) is 0 Å². The second-order valence-corrected chi connectivity index (χ2v) is 3.48. The van der Waals surface area contributed by atoms with Gasteiger partial charge in [0, 0.05) is 6.20 Å². The zero-order valence-corrected chi connectivity index (χ0v) is 10.0. The first-order valence-electron chi connectivity index (χ1n) is 4.83. The largest absolute Gasteiger partial charge is 0.478 e. The van der Waals surface area contributed by atoms with Gasteiger partial charge >= 0.3 is 11.9 Å². The zero-order valence-electron chi connectivity index (χ0n) is 10.0. The summed E-state index contributed by atoms with van der Waals surface area (Å²) in [6.07, 6.45) is 2.04. The number of aldehydes is 1. The minimum Gasteiger partial charge on any atom is -0.478 e. The molecule has 1 heterocycles. The van der Waals surface area contributed by atoms with Gasteiger partial charge in [-0.1, -0.05) is 6.58 Å². The van der Waals surface area contributed by atoms with E-state index in [0.717, 1.165) is 6.29 Å². The molecule has 2 N–H and O–H groups in total. The van der Waals surface area contributed by atoms with E-state index in [1.807, 2.05) is 0 Å². The van der Waals surface area contributed by atoms with Gasteiger partial charge in [0.2, 0.25) is 0 Å². The van der Waals surface area contributed by atoms with Crippen LogP contribution < -0.4 is 0 Å². The molecule has 0 aliphatic carbocycles. The summed E-state index contributed by atoms with van der Waals surface area (Å²) in [5.74, 6) is -2.62. The van der Waals surface area contributed by atoms with E-state index in [0.29, 0.717) is 11.1 Å². The van der Waals surface area contributed by atoms with E-state index >= 15 is 0 Å². The molecule has 1 aromatic heterocycles. The third-order valence-corrected chi connectivity index (χ3v) is 1.66. The lowest BCUT2D eigenvalue weighted by Crippen LogP contribution is -2.10. The lowest BCUT2D eigenvalue weighted by Gasteiger charge is -2.00. The van der Waals surface area contributed by atoms with Gasteiger partial charge in [-0.15, -0.1) is 0 Å². The van der Waals surface area contributed by atoms with Gasteiger partial charge < -0.3 is 10.2 Å². The molecule has 1 rings (SSSR count). The van der Waals surface area contributed by atoms with Crippen LogP contribution in [0, 0.1) is 6.92 Å². The number of carboxylic acid groups (broad SMARTS) is 2. The van der Waals surface area contributed by atoms with Gasteiger partial charge in [-0.3, -0.25) is 4.79 Å². The summed E-state index contributed by atoms with van der Waals surface area (Å²) in [5, 5.41) is 17.2. The van der Waals surface area contributed by atoms with Crippen molar-refractivity contribution in [3.8, 4) is 0 Å². The highest BCUT2D eigenvalue weighted by atomic mass is 16.4. The number of aryl methyl sites for hydroxylation is 1. The molecule has 0 amide bonds. The number of carbonyl (C=O) groups is 3. The maximum atomic E-state index is 10.6. The number of aromatic carboxylic acids is 2. The summed E-state index contributed by atoms with van der Waals surface area (Å²) in [6, 6.07) is 1.28. The standard InChI is InChI=1S/C8H7NO4.C4H6O/c1-4-2-5(7(10)11)6(8(12)13)9-3-4;1-4(2)3-5/h2-3H,1H3,(H,10,11)(H,12,13);3H,1H2,2H3. The van der Waals surface area contributed by atoms with E-state index in [2.05, 4.69) is 11.6 Å². The van der Waals surface area contributed by atoms with Crippen LogP contribution in [-0.4, -0.2) is 33.4 Å². The maximum Gasteiger partial charge on any atom is 0.355 e. The van der Waals surface area contributed by atoms with Gasteiger partial charge in [0.25, 0.3) is 0 Å². The summed E-state index contributed by atoms with van der Waals surface area (Å²) in [6.45, 7) is 6.61. The lowest BCUT2D eigenvalue weighted by molar-refractivity contribution is -0.104. The molecule has 6 nitrogen and oxygen atoms in total. The molecule has 0 aliphatic rings. The van der Waals surface area contributed by atoms with Crippen LogP contribution >= 0.6 is 0 Å². The average Bonchev–Trinajstić information content (AvgIpc) is 2.29. The number of hydrogen-bond acceptors (Lipinski definition) is 4. The van der Waals surface area contributed by atoms with E-state index in [9.17, 15) is 14.4 Å². The molecule has 1 aromatic rings. The number of hydrogen-bond donors (Lipinski definition) is 2. The van der Waals surface area contributed by atoms with Crippen molar-refractivity contribution >= 4 is 18.2 Å². The summed E-state index contributed by atoms with van der Waals surface area (Å²) in [4.78, 5) is 34.0. The Kier molecular flexibility index (Phi) is 5.98. The van der Waals surface area contributed by atoms with Crippen molar-refractivity contribution in [1.82, 2.24) is 4.98 Å². The number of allylic oxidation sites excluding steroid dienone is 1. The summed E-state index contributed by atoms with van der Waals surface area (Å²) >= 11 is 0. The van der Waals surface area contributed by atoms with Crippen molar-refractivity contribution in [2.45, 2.75) is 13.8 Å². The van der Waals surface area contributed by atoms with E-state index < -0.39 is 17.6 Å². The van der Waals surface area contributed by atoms with Crippen LogP contribution in [-0.2, 0) is 4.79 Å². The fourth-order valence-corrected chi connectivity index (χ4v) is 0.903. The molecule has 0 atom stereocenters. The van der Waals surface area contributed by atoms with Crippen LogP contribution in [0.1, 0.15) is 33.3 Å². The van der Waals surface area contributed by atoms with Crippen LogP contribution in [0.4, 0.5) is 0 Å². The summed E-state index contributed by atoms with van der Waals surface area (Å²) < 4.78 is 0. The normalized spacial score (nSPS) is 8.78. The predicted molar refractivity (Wildman–Crippen MR) is 63.8 cm³/mol. The Bertz CT molecular complexity index is 493. The predicted octanol–water partition coefficient (Wildman–Crippen LogP) is 1.55. The molecule has 96 valence electrons. The molecule has 0 radical (unpaired) electrons. The van der Waals surface area contributed by atoms with Crippen molar-refractivity contribution in [3.63, 3.8) is 0 Å². The molecule has 0 bridgehead atoms. The Hall–Kier alpha value is -2.50. The smallest absolute Gasteiger partial charge is 0.355 e. The Morgan fingerprint density at radius 3 is 2.17 bits per heavy atom. The van der Waals surface area contributed by atoms with E-state index in [1.165, 1.54) is 12.3 Å². The first-order chi connectivity index (χ1) is 8.29. The Morgan fingerprint density at radius 2 is 1.83 bits per heavy atom. The van der Waals surface area contributed by atoms with Gasteiger partial charge in [-0.2, -0.15) is 0 Å². The minimum absolute atomic E-state index is 0.285. The van der Waals surface area contributed by atoms with Gasteiger partial charge in [-0.25, -0.2) is 14.6 Å². The number of carboxylic acids is 2. The Labute approximate surface area is 104 Å². The molecule has 0 saturated heterocycles. The molecule has 0 saturated carbocycles. The van der Waals surface area contributed by atoms with Crippen molar-refractivity contribution in [3.05, 3.63) is 41.2 Å². The fraction of sp³-hybridized carbons (Fsp3) is 0.167. The fourth-order valence-electron chi connectivity index (χ4n) is 0.903. The molecule has 0 spiro atoms. The summed E-state index contributed by atoms with van der Waals surface area (Å²) in [7, 11) is 0. The van der Waals surface area contributed by atoms with E-state index in [4.69, 9.17) is 10.2 Å². The van der Waals surface area contributed by atoms with Gasteiger partial charge in [0.05, 0.1) is 5.56 Å². The third kappa shape index (κ3) is 5.02. The molecule has 0 aromatic carbocycles. The Balaban J connectivity index is 0.000000494. The topological polar surface area (TPSA) is 105 Å². The van der Waals surface area contributed by atoms with Crippen LogP contribution in [0.2, 0.25) is 0 Å². The average molecular weight is 251 g/mol. The highest BCUT2D eigenvalue weighted by Gasteiger charge is 2.16. The van der Waals surface area contributed by atoms with E-state index in [1.54, 1.807) is 13.8 Å². The molecular formula is C12H13NO5. The van der Waals surface area contributed by atoms with Gasteiger partial charge in [0.15, 0.2) is 5.69 Å². The zero-order chi connectivity index (χ0) is 14.3. The quantitative estimate of drug-likeness (QED) is 0.623.